The molecule has 0 spiro atoms. The van der Waals surface area contributed by atoms with E-state index in [0.29, 0.717) is 5.41 Å². The van der Waals surface area contributed by atoms with Crippen LogP contribution < -0.4 is 5.32 Å². The molecule has 0 unspecified atom stereocenters. The quantitative estimate of drug-likeness (QED) is 0.655. The van der Waals surface area contributed by atoms with E-state index in [1.54, 1.807) is 0 Å². The summed E-state index contributed by atoms with van der Waals surface area (Å²) in [4.78, 5) is 2.54. The van der Waals surface area contributed by atoms with E-state index in [-0.39, 0.29) is 0 Å². The lowest BCUT2D eigenvalue weighted by atomic mass is 9.73. The SMILES string of the molecule is CCCNCC1(CN(C)CCC)CCCCC1. The highest BCUT2D eigenvalue weighted by atomic mass is 15.1. The van der Waals surface area contributed by atoms with E-state index in [1.165, 1.54) is 71.1 Å². The monoisotopic (exact) mass is 240 g/mol. The lowest BCUT2D eigenvalue weighted by Crippen LogP contribution is -2.44. The Kier molecular flexibility index (Phi) is 7.14. The van der Waals surface area contributed by atoms with Crippen molar-refractivity contribution in [2.24, 2.45) is 5.41 Å². The maximum atomic E-state index is 3.67. The third-order valence-electron chi connectivity index (χ3n) is 4.05. The summed E-state index contributed by atoms with van der Waals surface area (Å²) in [5.41, 5.74) is 0.567. The molecular weight excluding hydrogens is 208 g/mol. The van der Waals surface area contributed by atoms with Gasteiger partial charge in [-0.25, -0.2) is 0 Å². The number of rotatable bonds is 8. The molecule has 0 amide bonds. The Morgan fingerprint density at radius 1 is 1.06 bits per heavy atom. The van der Waals surface area contributed by atoms with E-state index in [1.807, 2.05) is 0 Å². The summed E-state index contributed by atoms with van der Waals surface area (Å²) in [7, 11) is 2.29. The lowest BCUT2D eigenvalue weighted by molar-refractivity contribution is 0.117. The molecule has 1 rings (SSSR count). The molecule has 1 saturated carbocycles. The minimum Gasteiger partial charge on any atom is -0.316 e. The highest BCUT2D eigenvalue weighted by Gasteiger charge is 2.32. The maximum absolute atomic E-state index is 3.67. The fourth-order valence-electron chi connectivity index (χ4n) is 3.26. The van der Waals surface area contributed by atoms with Crippen molar-refractivity contribution in [3.8, 4) is 0 Å². The number of nitrogens with one attached hydrogen (secondary N) is 1. The van der Waals surface area contributed by atoms with Crippen LogP contribution in [0.5, 0.6) is 0 Å². The average Bonchev–Trinajstić information content (AvgIpc) is 2.30. The van der Waals surface area contributed by atoms with Gasteiger partial charge in [0.2, 0.25) is 0 Å². The maximum Gasteiger partial charge on any atom is 0.00471 e. The molecule has 1 aliphatic carbocycles. The van der Waals surface area contributed by atoms with E-state index in [9.17, 15) is 0 Å². The molecule has 0 aromatic rings. The Bertz CT molecular complexity index is 185. The summed E-state index contributed by atoms with van der Waals surface area (Å²) in [6.07, 6.45) is 9.71. The predicted octanol–water partition coefficient (Wildman–Crippen LogP) is 3.28. The van der Waals surface area contributed by atoms with Gasteiger partial charge < -0.3 is 10.2 Å². The molecule has 2 nitrogen and oxygen atoms in total. The van der Waals surface area contributed by atoms with Crippen LogP contribution >= 0.6 is 0 Å². The Morgan fingerprint density at radius 2 is 1.76 bits per heavy atom. The fourth-order valence-corrected chi connectivity index (χ4v) is 3.26. The van der Waals surface area contributed by atoms with Crippen LogP contribution in [0.3, 0.4) is 0 Å². The Hall–Kier alpha value is -0.0800. The first-order chi connectivity index (χ1) is 8.22. The molecule has 17 heavy (non-hydrogen) atoms. The third kappa shape index (κ3) is 5.39. The zero-order chi connectivity index (χ0) is 12.6. The van der Waals surface area contributed by atoms with Crippen LogP contribution in [0.1, 0.15) is 58.8 Å². The van der Waals surface area contributed by atoms with Crippen molar-refractivity contribution in [1.29, 1.82) is 0 Å². The van der Waals surface area contributed by atoms with Crippen LogP contribution in [-0.2, 0) is 0 Å². The van der Waals surface area contributed by atoms with Gasteiger partial charge in [-0.2, -0.15) is 0 Å². The number of hydrogen-bond acceptors (Lipinski definition) is 2. The van der Waals surface area contributed by atoms with E-state index >= 15 is 0 Å². The van der Waals surface area contributed by atoms with Crippen molar-refractivity contribution >= 4 is 0 Å². The van der Waals surface area contributed by atoms with Crippen LogP contribution in [0, 0.1) is 5.41 Å². The van der Waals surface area contributed by atoms with Crippen molar-refractivity contribution in [1.82, 2.24) is 10.2 Å². The minimum atomic E-state index is 0.567. The first-order valence-corrected chi connectivity index (χ1v) is 7.62. The molecule has 1 fully saturated rings. The van der Waals surface area contributed by atoms with Crippen LogP contribution in [0.4, 0.5) is 0 Å². The van der Waals surface area contributed by atoms with Crippen LogP contribution in [0.25, 0.3) is 0 Å². The molecule has 0 heterocycles. The fraction of sp³-hybridized carbons (Fsp3) is 1.00. The molecule has 1 N–H and O–H groups in total. The lowest BCUT2D eigenvalue weighted by Gasteiger charge is -2.40. The van der Waals surface area contributed by atoms with Gasteiger partial charge in [0.1, 0.15) is 0 Å². The van der Waals surface area contributed by atoms with Crippen LogP contribution in [0.2, 0.25) is 0 Å². The molecule has 0 atom stereocenters. The van der Waals surface area contributed by atoms with Crippen LogP contribution in [0.15, 0.2) is 0 Å². The van der Waals surface area contributed by atoms with Crippen molar-refractivity contribution < 1.29 is 0 Å². The Balaban J connectivity index is 2.45. The molecule has 2 heteroatoms. The highest BCUT2D eigenvalue weighted by molar-refractivity contribution is 4.87. The summed E-state index contributed by atoms with van der Waals surface area (Å²) < 4.78 is 0. The number of nitrogens with zero attached hydrogens (tertiary/aromatic N) is 1. The Morgan fingerprint density at radius 3 is 2.35 bits per heavy atom. The van der Waals surface area contributed by atoms with Crippen LogP contribution in [-0.4, -0.2) is 38.1 Å². The standard InChI is InChI=1S/C15H32N2/c1-4-11-16-13-15(9-7-6-8-10-15)14-17(3)12-5-2/h16H,4-14H2,1-3H3. The molecular formula is C15H32N2. The normalized spacial score (nSPS) is 19.8. The molecule has 1 aliphatic rings. The summed E-state index contributed by atoms with van der Waals surface area (Å²) in [5, 5.41) is 3.67. The van der Waals surface area contributed by atoms with Crippen molar-refractivity contribution in [3.05, 3.63) is 0 Å². The molecule has 102 valence electrons. The second-order valence-corrected chi connectivity index (χ2v) is 5.98. The van der Waals surface area contributed by atoms with Gasteiger partial charge in [-0.05, 0) is 51.2 Å². The van der Waals surface area contributed by atoms with Gasteiger partial charge in [-0.3, -0.25) is 0 Å². The van der Waals surface area contributed by atoms with Gasteiger partial charge in [0, 0.05) is 13.1 Å². The second-order valence-electron chi connectivity index (χ2n) is 5.98. The van der Waals surface area contributed by atoms with Gasteiger partial charge >= 0.3 is 0 Å². The summed E-state index contributed by atoms with van der Waals surface area (Å²) in [6, 6.07) is 0. The van der Waals surface area contributed by atoms with Gasteiger partial charge in [-0.15, -0.1) is 0 Å². The average molecular weight is 240 g/mol. The molecule has 0 aromatic carbocycles. The van der Waals surface area contributed by atoms with E-state index in [0.717, 1.165) is 0 Å². The predicted molar refractivity (Wildman–Crippen MR) is 76.5 cm³/mol. The zero-order valence-electron chi connectivity index (χ0n) is 12.2. The summed E-state index contributed by atoms with van der Waals surface area (Å²) in [6.45, 7) is 9.48. The topological polar surface area (TPSA) is 15.3 Å². The van der Waals surface area contributed by atoms with Gasteiger partial charge in [-0.1, -0.05) is 33.1 Å². The molecule has 0 radical (unpaired) electrons. The smallest absolute Gasteiger partial charge is 0.00471 e. The Labute approximate surface area is 108 Å². The second kappa shape index (κ2) is 8.10. The van der Waals surface area contributed by atoms with Crippen molar-refractivity contribution in [3.63, 3.8) is 0 Å². The first-order valence-electron chi connectivity index (χ1n) is 7.62. The van der Waals surface area contributed by atoms with Crippen molar-refractivity contribution in [2.45, 2.75) is 58.8 Å². The summed E-state index contributed by atoms with van der Waals surface area (Å²) >= 11 is 0. The molecule has 0 aromatic heterocycles. The molecule has 0 saturated heterocycles. The van der Waals surface area contributed by atoms with E-state index < -0.39 is 0 Å². The van der Waals surface area contributed by atoms with E-state index in [2.05, 4.69) is 31.1 Å². The van der Waals surface area contributed by atoms with Crippen molar-refractivity contribution in [2.75, 3.05) is 33.2 Å². The molecule has 0 bridgehead atoms. The van der Waals surface area contributed by atoms with E-state index in [4.69, 9.17) is 0 Å². The molecule has 0 aliphatic heterocycles. The van der Waals surface area contributed by atoms with Gasteiger partial charge in [0.15, 0.2) is 0 Å². The third-order valence-corrected chi connectivity index (χ3v) is 4.05. The number of hydrogen-bond donors (Lipinski definition) is 1. The minimum absolute atomic E-state index is 0.567. The zero-order valence-corrected chi connectivity index (χ0v) is 12.2. The first kappa shape index (κ1) is 15.0. The largest absolute Gasteiger partial charge is 0.316 e. The highest BCUT2D eigenvalue weighted by Crippen LogP contribution is 2.36. The van der Waals surface area contributed by atoms with Gasteiger partial charge in [0.05, 0.1) is 0 Å². The summed E-state index contributed by atoms with van der Waals surface area (Å²) in [5.74, 6) is 0. The van der Waals surface area contributed by atoms with Gasteiger partial charge in [0.25, 0.3) is 0 Å².